The first-order valence-corrected chi connectivity index (χ1v) is 5.84. The second-order valence-corrected chi connectivity index (χ2v) is 3.99. The largest absolute Gasteiger partial charge is 0.508 e. The highest BCUT2D eigenvalue weighted by molar-refractivity contribution is 6.00. The highest BCUT2D eigenvalue weighted by Crippen LogP contribution is 2.21. The lowest BCUT2D eigenvalue weighted by atomic mass is 10.1. The maximum absolute atomic E-state index is 11.6. The van der Waals surface area contributed by atoms with Crippen LogP contribution in [0, 0.1) is 12.3 Å². The zero-order chi connectivity index (χ0) is 14.3. The van der Waals surface area contributed by atoms with Gasteiger partial charge in [-0.3, -0.25) is 4.79 Å². The minimum absolute atomic E-state index is 0.142. The number of rotatable bonds is 6. The third kappa shape index (κ3) is 4.72. The van der Waals surface area contributed by atoms with Crippen molar-refractivity contribution >= 4 is 17.6 Å². The fraction of sp³-hybridized carbons (Fsp3) is 0.286. The van der Waals surface area contributed by atoms with Crippen LogP contribution in [0.25, 0.3) is 0 Å². The highest BCUT2D eigenvalue weighted by atomic mass is 16.4. The number of terminal acetylenes is 1. The second kappa shape index (κ2) is 7.07. The summed E-state index contributed by atoms with van der Waals surface area (Å²) in [5, 5.41) is 20.7. The number of carboxylic acid groups (broad SMARTS) is 1. The Morgan fingerprint density at radius 2 is 2.05 bits per heavy atom. The van der Waals surface area contributed by atoms with Crippen molar-refractivity contribution in [1.29, 1.82) is 0 Å². The molecule has 0 aromatic heterocycles. The summed E-state index contributed by atoms with van der Waals surface area (Å²) in [6, 6.07) is 3.77. The van der Waals surface area contributed by atoms with Gasteiger partial charge in [0.2, 0.25) is 5.91 Å². The molecule has 0 radical (unpaired) electrons. The molecule has 0 bridgehead atoms. The fourth-order valence-electron chi connectivity index (χ4n) is 1.54. The molecule has 3 N–H and O–H groups in total. The summed E-state index contributed by atoms with van der Waals surface area (Å²) in [6.07, 6.45) is 7.40. The molecule has 0 aliphatic rings. The molecule has 5 heteroatoms. The summed E-state index contributed by atoms with van der Waals surface area (Å²) in [7, 11) is 0. The summed E-state index contributed by atoms with van der Waals surface area (Å²) < 4.78 is 0. The standard InChI is InChI=1S/C14H15NO4/c1-2-3-4-5-6-13(17)15-12-8-7-10(16)9-11(12)14(18)19/h1,7-9,16H,3-6H2,(H,15,17)(H,18,19). The Balaban J connectivity index is 2.64. The van der Waals surface area contributed by atoms with Gasteiger partial charge in [-0.15, -0.1) is 12.3 Å². The smallest absolute Gasteiger partial charge is 0.337 e. The van der Waals surface area contributed by atoms with E-state index in [1.165, 1.54) is 12.1 Å². The Labute approximate surface area is 111 Å². The van der Waals surface area contributed by atoms with Crippen molar-refractivity contribution in [2.24, 2.45) is 0 Å². The van der Waals surface area contributed by atoms with E-state index < -0.39 is 5.97 Å². The number of carboxylic acids is 1. The molecule has 100 valence electrons. The summed E-state index contributed by atoms with van der Waals surface area (Å²) in [5.41, 5.74) is 0.0317. The molecular weight excluding hydrogens is 246 g/mol. The molecule has 0 atom stereocenters. The quantitative estimate of drug-likeness (QED) is 0.416. The molecule has 0 spiro atoms. The number of phenols is 1. The van der Waals surface area contributed by atoms with Gasteiger partial charge in [0.25, 0.3) is 0 Å². The molecule has 1 amide bonds. The zero-order valence-corrected chi connectivity index (χ0v) is 10.3. The van der Waals surface area contributed by atoms with Gasteiger partial charge in [-0.2, -0.15) is 0 Å². The first-order valence-electron chi connectivity index (χ1n) is 5.84. The number of anilines is 1. The van der Waals surface area contributed by atoms with E-state index in [2.05, 4.69) is 11.2 Å². The van der Waals surface area contributed by atoms with Crippen molar-refractivity contribution in [3.05, 3.63) is 23.8 Å². The van der Waals surface area contributed by atoms with Crippen molar-refractivity contribution in [1.82, 2.24) is 0 Å². The molecule has 0 aliphatic carbocycles. The Kier molecular flexibility index (Phi) is 5.42. The number of hydrogen-bond acceptors (Lipinski definition) is 3. The van der Waals surface area contributed by atoms with E-state index >= 15 is 0 Å². The van der Waals surface area contributed by atoms with E-state index in [9.17, 15) is 14.7 Å². The molecule has 1 aromatic rings. The van der Waals surface area contributed by atoms with Crippen LogP contribution in [0.4, 0.5) is 5.69 Å². The van der Waals surface area contributed by atoms with Gasteiger partial charge in [-0.25, -0.2) is 4.79 Å². The van der Waals surface area contributed by atoms with Gasteiger partial charge in [0.1, 0.15) is 5.75 Å². The summed E-state index contributed by atoms with van der Waals surface area (Å²) >= 11 is 0. The lowest BCUT2D eigenvalue weighted by Crippen LogP contribution is -2.14. The number of carbonyl (C=O) groups is 2. The van der Waals surface area contributed by atoms with Crippen LogP contribution < -0.4 is 5.32 Å². The van der Waals surface area contributed by atoms with Crippen LogP contribution >= 0.6 is 0 Å². The SMILES string of the molecule is C#CCCCCC(=O)Nc1ccc(O)cc1C(=O)O. The van der Waals surface area contributed by atoms with Gasteiger partial charge >= 0.3 is 5.97 Å². The van der Waals surface area contributed by atoms with Gasteiger partial charge in [-0.05, 0) is 31.0 Å². The third-order valence-electron chi connectivity index (χ3n) is 2.48. The number of nitrogens with one attached hydrogen (secondary N) is 1. The van der Waals surface area contributed by atoms with E-state index in [-0.39, 0.29) is 29.3 Å². The summed E-state index contributed by atoms with van der Waals surface area (Å²) in [4.78, 5) is 22.6. The van der Waals surface area contributed by atoms with Crippen LogP contribution in [0.1, 0.15) is 36.0 Å². The van der Waals surface area contributed by atoms with Crippen molar-refractivity contribution in [3.8, 4) is 18.1 Å². The molecule has 0 fully saturated rings. The lowest BCUT2D eigenvalue weighted by Gasteiger charge is -2.08. The number of hydrogen-bond donors (Lipinski definition) is 3. The van der Waals surface area contributed by atoms with E-state index in [0.29, 0.717) is 12.8 Å². The van der Waals surface area contributed by atoms with Gasteiger partial charge in [0, 0.05) is 12.8 Å². The Bertz CT molecular complexity index is 517. The van der Waals surface area contributed by atoms with Crippen LogP contribution in [0.3, 0.4) is 0 Å². The lowest BCUT2D eigenvalue weighted by molar-refractivity contribution is -0.116. The molecule has 1 aromatic carbocycles. The monoisotopic (exact) mass is 261 g/mol. The van der Waals surface area contributed by atoms with Crippen LogP contribution in [-0.4, -0.2) is 22.1 Å². The molecule has 0 saturated carbocycles. The van der Waals surface area contributed by atoms with Crippen LogP contribution in [0.5, 0.6) is 5.75 Å². The van der Waals surface area contributed by atoms with Gasteiger partial charge in [-0.1, -0.05) is 0 Å². The maximum Gasteiger partial charge on any atom is 0.337 e. The van der Waals surface area contributed by atoms with Crippen molar-refractivity contribution in [2.75, 3.05) is 5.32 Å². The fourth-order valence-corrected chi connectivity index (χ4v) is 1.54. The molecule has 19 heavy (non-hydrogen) atoms. The van der Waals surface area contributed by atoms with Crippen LogP contribution in [0.2, 0.25) is 0 Å². The normalized spacial score (nSPS) is 9.63. The summed E-state index contributed by atoms with van der Waals surface area (Å²) in [5.74, 6) is 0.839. The zero-order valence-electron chi connectivity index (χ0n) is 10.3. The number of benzene rings is 1. The Hall–Kier alpha value is -2.48. The first-order chi connectivity index (χ1) is 9.04. The number of unbranched alkanes of at least 4 members (excludes halogenated alkanes) is 2. The van der Waals surface area contributed by atoms with Crippen LogP contribution in [-0.2, 0) is 4.79 Å². The molecule has 0 unspecified atom stereocenters. The number of aromatic hydroxyl groups is 1. The van der Waals surface area contributed by atoms with Crippen molar-refractivity contribution in [3.63, 3.8) is 0 Å². The first kappa shape index (κ1) is 14.6. The van der Waals surface area contributed by atoms with Gasteiger partial charge in [0.05, 0.1) is 11.3 Å². The Morgan fingerprint density at radius 3 is 2.68 bits per heavy atom. The number of phenolic OH excluding ortho intramolecular Hbond substituents is 1. The van der Waals surface area contributed by atoms with E-state index in [1.54, 1.807) is 0 Å². The van der Waals surface area contributed by atoms with E-state index in [0.717, 1.165) is 12.5 Å². The van der Waals surface area contributed by atoms with Crippen LogP contribution in [0.15, 0.2) is 18.2 Å². The van der Waals surface area contributed by atoms with E-state index in [4.69, 9.17) is 11.5 Å². The predicted octanol–water partition coefficient (Wildman–Crippen LogP) is 2.22. The molecule has 0 saturated heterocycles. The molecule has 0 aliphatic heterocycles. The maximum atomic E-state index is 11.6. The Morgan fingerprint density at radius 1 is 1.32 bits per heavy atom. The van der Waals surface area contributed by atoms with E-state index in [1.807, 2.05) is 0 Å². The molecular formula is C14H15NO4. The second-order valence-electron chi connectivity index (χ2n) is 3.99. The van der Waals surface area contributed by atoms with Gasteiger partial charge in [0.15, 0.2) is 0 Å². The molecule has 0 heterocycles. The average molecular weight is 261 g/mol. The summed E-state index contributed by atoms with van der Waals surface area (Å²) in [6.45, 7) is 0. The molecule has 5 nitrogen and oxygen atoms in total. The van der Waals surface area contributed by atoms with Gasteiger partial charge < -0.3 is 15.5 Å². The minimum Gasteiger partial charge on any atom is -0.508 e. The highest BCUT2D eigenvalue weighted by Gasteiger charge is 2.13. The molecule has 1 rings (SSSR count). The average Bonchev–Trinajstić information content (AvgIpc) is 2.36. The predicted molar refractivity (Wildman–Crippen MR) is 71.0 cm³/mol. The minimum atomic E-state index is -1.21. The van der Waals surface area contributed by atoms with Crippen molar-refractivity contribution < 1.29 is 19.8 Å². The number of amides is 1. The number of aromatic carboxylic acids is 1. The number of carbonyl (C=O) groups excluding carboxylic acids is 1. The third-order valence-corrected chi connectivity index (χ3v) is 2.48. The topological polar surface area (TPSA) is 86.6 Å². The van der Waals surface area contributed by atoms with Crippen molar-refractivity contribution in [2.45, 2.75) is 25.7 Å².